The van der Waals surface area contributed by atoms with Crippen molar-refractivity contribution in [2.45, 2.75) is 19.4 Å². The number of nitrogens with zero attached hydrogens (tertiary/aromatic N) is 2. The van der Waals surface area contributed by atoms with Crippen LogP contribution in [0.4, 0.5) is 11.5 Å². The van der Waals surface area contributed by atoms with Gasteiger partial charge >= 0.3 is 5.97 Å². The molecular formula is C11H14BrN3O5. The Kier molecular flexibility index (Phi) is 5.83. The molecule has 1 aromatic rings. The van der Waals surface area contributed by atoms with Crippen molar-refractivity contribution in [1.29, 1.82) is 0 Å². The first-order valence-corrected chi connectivity index (χ1v) is 6.45. The molecular weight excluding hydrogens is 334 g/mol. The fourth-order valence-corrected chi connectivity index (χ4v) is 1.93. The average molecular weight is 348 g/mol. The highest BCUT2D eigenvalue weighted by Crippen LogP contribution is 2.30. The number of anilines is 1. The van der Waals surface area contributed by atoms with Crippen LogP contribution in [0.25, 0.3) is 0 Å². The first kappa shape index (κ1) is 16.3. The van der Waals surface area contributed by atoms with Crippen LogP contribution < -0.4 is 5.32 Å². The lowest BCUT2D eigenvalue weighted by Crippen LogP contribution is -2.31. The number of aliphatic carboxylic acids is 1. The van der Waals surface area contributed by atoms with Crippen LogP contribution in [-0.4, -0.2) is 40.7 Å². The van der Waals surface area contributed by atoms with Crippen molar-refractivity contribution in [2.75, 3.05) is 19.0 Å². The largest absolute Gasteiger partial charge is 0.480 e. The molecule has 0 aliphatic heterocycles. The topological polar surface area (TPSA) is 115 Å². The summed E-state index contributed by atoms with van der Waals surface area (Å²) in [5.41, 5.74) is 0.245. The third-order valence-corrected chi connectivity index (χ3v) is 3.62. The lowest BCUT2D eigenvalue weighted by atomic mass is 10.2. The van der Waals surface area contributed by atoms with Gasteiger partial charge in [0.2, 0.25) is 0 Å². The molecule has 1 rings (SSSR count). The number of aromatic nitrogens is 1. The van der Waals surface area contributed by atoms with E-state index < -0.39 is 16.9 Å². The molecule has 0 aliphatic carbocycles. The maximum absolute atomic E-state index is 11.1. The van der Waals surface area contributed by atoms with Crippen molar-refractivity contribution in [3.8, 4) is 0 Å². The van der Waals surface area contributed by atoms with Crippen LogP contribution in [-0.2, 0) is 9.53 Å². The van der Waals surface area contributed by atoms with E-state index in [0.717, 1.165) is 6.20 Å². The SMILES string of the molecule is COCCC(Nc1ncc([N+](=O)[O-])c(C)c1Br)C(=O)O. The summed E-state index contributed by atoms with van der Waals surface area (Å²) in [7, 11) is 1.48. The van der Waals surface area contributed by atoms with E-state index in [1.54, 1.807) is 6.92 Å². The summed E-state index contributed by atoms with van der Waals surface area (Å²) < 4.78 is 5.21. The summed E-state index contributed by atoms with van der Waals surface area (Å²) in [5.74, 6) is -0.802. The van der Waals surface area contributed by atoms with Gasteiger partial charge in [-0.1, -0.05) is 0 Å². The number of rotatable bonds is 7. The number of carboxylic acid groups (broad SMARTS) is 1. The second kappa shape index (κ2) is 7.15. The van der Waals surface area contributed by atoms with Gasteiger partial charge in [-0.3, -0.25) is 10.1 Å². The number of hydrogen-bond donors (Lipinski definition) is 2. The van der Waals surface area contributed by atoms with Gasteiger partial charge in [0.05, 0.1) is 9.40 Å². The number of halogens is 1. The monoisotopic (exact) mass is 347 g/mol. The highest BCUT2D eigenvalue weighted by molar-refractivity contribution is 9.10. The van der Waals surface area contributed by atoms with Crippen LogP contribution in [0.1, 0.15) is 12.0 Å². The molecule has 0 fully saturated rings. The van der Waals surface area contributed by atoms with Crippen LogP contribution in [0.3, 0.4) is 0 Å². The molecule has 0 bridgehead atoms. The second-order valence-corrected chi connectivity index (χ2v) is 4.80. The number of carbonyl (C=O) groups is 1. The minimum absolute atomic E-state index is 0.133. The first-order valence-electron chi connectivity index (χ1n) is 5.66. The summed E-state index contributed by atoms with van der Waals surface area (Å²) >= 11 is 3.19. The molecule has 0 saturated carbocycles. The molecule has 8 nitrogen and oxygen atoms in total. The average Bonchev–Trinajstić information content (AvgIpc) is 2.38. The molecule has 0 aliphatic rings. The van der Waals surface area contributed by atoms with E-state index in [2.05, 4.69) is 26.2 Å². The van der Waals surface area contributed by atoms with E-state index in [-0.39, 0.29) is 24.5 Å². The van der Waals surface area contributed by atoms with Crippen molar-refractivity contribution in [3.63, 3.8) is 0 Å². The zero-order valence-electron chi connectivity index (χ0n) is 10.9. The Morgan fingerprint density at radius 2 is 2.35 bits per heavy atom. The molecule has 9 heteroatoms. The first-order chi connectivity index (χ1) is 9.38. The van der Waals surface area contributed by atoms with Gasteiger partial charge in [-0.25, -0.2) is 9.78 Å². The summed E-state index contributed by atoms with van der Waals surface area (Å²) in [4.78, 5) is 25.2. The van der Waals surface area contributed by atoms with Gasteiger partial charge in [0.1, 0.15) is 18.1 Å². The molecule has 0 radical (unpaired) electrons. The lowest BCUT2D eigenvalue weighted by molar-refractivity contribution is -0.385. The van der Waals surface area contributed by atoms with E-state index in [0.29, 0.717) is 10.0 Å². The Labute approximate surface area is 123 Å². The van der Waals surface area contributed by atoms with Gasteiger partial charge in [-0.05, 0) is 22.9 Å². The molecule has 0 spiro atoms. The van der Waals surface area contributed by atoms with Crippen molar-refractivity contribution in [1.82, 2.24) is 4.98 Å². The zero-order valence-corrected chi connectivity index (χ0v) is 12.5. The molecule has 0 saturated heterocycles. The molecule has 1 aromatic heterocycles. The minimum atomic E-state index is -1.05. The third kappa shape index (κ3) is 3.87. The third-order valence-electron chi connectivity index (χ3n) is 2.65. The van der Waals surface area contributed by atoms with Gasteiger partial charge in [-0.2, -0.15) is 0 Å². The summed E-state index contributed by atoms with van der Waals surface area (Å²) in [6.07, 6.45) is 1.34. The molecule has 0 aromatic carbocycles. The number of nitrogens with one attached hydrogen (secondary N) is 1. The lowest BCUT2D eigenvalue weighted by Gasteiger charge is -2.16. The van der Waals surface area contributed by atoms with Crippen molar-refractivity contribution >= 4 is 33.4 Å². The molecule has 110 valence electrons. The standard InChI is InChI=1S/C11H14BrN3O5/c1-6-8(15(18)19)5-13-10(9(6)12)14-7(11(16)17)3-4-20-2/h5,7H,3-4H2,1-2H3,(H,13,14)(H,16,17). The summed E-state index contributed by atoms with van der Waals surface area (Å²) in [6, 6.07) is -0.889. The number of methoxy groups -OCH3 is 1. The fourth-order valence-electron chi connectivity index (χ4n) is 1.51. The number of nitro groups is 1. The molecule has 2 N–H and O–H groups in total. The zero-order chi connectivity index (χ0) is 15.3. The Hall–Kier alpha value is -1.74. The Morgan fingerprint density at radius 1 is 1.70 bits per heavy atom. The maximum atomic E-state index is 11.1. The van der Waals surface area contributed by atoms with Crippen molar-refractivity contribution in [2.24, 2.45) is 0 Å². The van der Waals surface area contributed by atoms with Gasteiger partial charge < -0.3 is 15.2 Å². The van der Waals surface area contributed by atoms with Crippen LogP contribution in [0.2, 0.25) is 0 Å². The number of carboxylic acids is 1. The normalized spacial score (nSPS) is 11.9. The van der Waals surface area contributed by atoms with Gasteiger partial charge in [0.25, 0.3) is 5.69 Å². The Bertz CT molecular complexity index is 523. The molecule has 1 heterocycles. The number of ether oxygens (including phenoxy) is 1. The number of hydrogen-bond acceptors (Lipinski definition) is 6. The highest BCUT2D eigenvalue weighted by atomic mass is 79.9. The Morgan fingerprint density at radius 3 is 2.85 bits per heavy atom. The van der Waals surface area contributed by atoms with Crippen LogP contribution in [0, 0.1) is 17.0 Å². The fraction of sp³-hybridized carbons (Fsp3) is 0.455. The van der Waals surface area contributed by atoms with E-state index in [1.165, 1.54) is 7.11 Å². The molecule has 20 heavy (non-hydrogen) atoms. The van der Waals surface area contributed by atoms with E-state index in [9.17, 15) is 14.9 Å². The molecule has 1 unspecified atom stereocenters. The smallest absolute Gasteiger partial charge is 0.326 e. The van der Waals surface area contributed by atoms with Gasteiger partial charge in [0.15, 0.2) is 0 Å². The van der Waals surface area contributed by atoms with E-state index in [4.69, 9.17) is 9.84 Å². The Balaban J connectivity index is 2.99. The summed E-state index contributed by atoms with van der Waals surface area (Å²) in [6.45, 7) is 1.83. The predicted octanol–water partition coefficient (Wildman–Crippen LogP) is 1.96. The van der Waals surface area contributed by atoms with E-state index in [1.807, 2.05) is 0 Å². The molecule has 1 atom stereocenters. The van der Waals surface area contributed by atoms with Crippen molar-refractivity contribution < 1.29 is 19.6 Å². The highest BCUT2D eigenvalue weighted by Gasteiger charge is 2.22. The second-order valence-electron chi connectivity index (χ2n) is 4.00. The minimum Gasteiger partial charge on any atom is -0.480 e. The summed E-state index contributed by atoms with van der Waals surface area (Å²) in [5, 5.41) is 22.6. The predicted molar refractivity (Wildman–Crippen MR) is 74.9 cm³/mol. The van der Waals surface area contributed by atoms with Gasteiger partial charge in [0, 0.05) is 25.7 Å². The number of pyridine rings is 1. The van der Waals surface area contributed by atoms with Gasteiger partial charge in [-0.15, -0.1) is 0 Å². The van der Waals surface area contributed by atoms with E-state index >= 15 is 0 Å². The van der Waals surface area contributed by atoms with Crippen LogP contribution in [0.15, 0.2) is 10.7 Å². The molecule has 0 amide bonds. The van der Waals surface area contributed by atoms with Crippen LogP contribution >= 0.6 is 15.9 Å². The quantitative estimate of drug-likeness (QED) is 0.572. The van der Waals surface area contributed by atoms with Crippen molar-refractivity contribution in [3.05, 3.63) is 26.3 Å². The maximum Gasteiger partial charge on any atom is 0.326 e. The van der Waals surface area contributed by atoms with Crippen LogP contribution in [0.5, 0.6) is 0 Å².